The number of aryl methyl sites for hydroxylation is 2. The zero-order valence-electron chi connectivity index (χ0n) is 10.3. The number of carbonyl (C=O) groups excluding carboxylic acids is 1. The largest absolute Gasteiger partial charge is 0.350 e. The molecule has 0 spiro atoms. The first-order chi connectivity index (χ1) is 8.10. The number of hydrogen-bond acceptors (Lipinski definition) is 2. The van der Waals surface area contributed by atoms with Crippen LogP contribution < -0.4 is 5.32 Å². The van der Waals surface area contributed by atoms with Gasteiger partial charge in [-0.1, -0.05) is 6.92 Å². The van der Waals surface area contributed by atoms with Crippen molar-refractivity contribution in [3.05, 3.63) is 17.5 Å². The number of hydrogen-bond donors (Lipinski definition) is 1. The van der Waals surface area contributed by atoms with Crippen LogP contribution in [0, 0.1) is 5.41 Å². The lowest BCUT2D eigenvalue weighted by Gasteiger charge is -2.12. The smallest absolute Gasteiger partial charge is 0.269 e. The van der Waals surface area contributed by atoms with Crippen LogP contribution in [0.25, 0.3) is 0 Å². The van der Waals surface area contributed by atoms with Gasteiger partial charge in [0.05, 0.1) is 5.69 Å². The van der Waals surface area contributed by atoms with Crippen molar-refractivity contribution in [3.63, 3.8) is 0 Å². The molecule has 0 aromatic carbocycles. The lowest BCUT2D eigenvalue weighted by molar-refractivity contribution is 0.0937. The van der Waals surface area contributed by atoms with Crippen molar-refractivity contribution in [2.24, 2.45) is 12.5 Å². The molecule has 17 heavy (non-hydrogen) atoms. The second-order valence-electron chi connectivity index (χ2n) is 4.81. The summed E-state index contributed by atoms with van der Waals surface area (Å²) >= 11 is 5.87. The Hall–Kier alpha value is -1.03. The van der Waals surface area contributed by atoms with Crippen LogP contribution >= 0.6 is 11.6 Å². The average Bonchev–Trinajstić information content (AvgIpc) is 3.03. The topological polar surface area (TPSA) is 46.9 Å². The molecule has 1 aromatic rings. The van der Waals surface area contributed by atoms with Crippen LogP contribution in [0.15, 0.2) is 6.07 Å². The highest BCUT2D eigenvalue weighted by Crippen LogP contribution is 2.45. The number of carbonyl (C=O) groups is 1. The standard InChI is InChI=1S/C12H18ClN3O/c1-3-9-6-10(16(2)15-9)11(17)14-8-12(7-13)4-5-12/h6H,3-5,7-8H2,1-2H3,(H,14,17). The van der Waals surface area contributed by atoms with Gasteiger partial charge in [-0.3, -0.25) is 9.48 Å². The van der Waals surface area contributed by atoms with Gasteiger partial charge in [0.2, 0.25) is 0 Å². The minimum absolute atomic E-state index is 0.0592. The molecule has 1 heterocycles. The van der Waals surface area contributed by atoms with Gasteiger partial charge in [-0.25, -0.2) is 0 Å². The van der Waals surface area contributed by atoms with Crippen LogP contribution in [0.2, 0.25) is 0 Å². The Morgan fingerprint density at radius 1 is 1.65 bits per heavy atom. The van der Waals surface area contributed by atoms with E-state index in [0.717, 1.165) is 25.0 Å². The summed E-state index contributed by atoms with van der Waals surface area (Å²) in [6.45, 7) is 2.69. The fourth-order valence-corrected chi connectivity index (χ4v) is 2.17. The van der Waals surface area contributed by atoms with E-state index in [0.29, 0.717) is 18.1 Å². The fraction of sp³-hybridized carbons (Fsp3) is 0.667. The molecule has 2 rings (SSSR count). The van der Waals surface area contributed by atoms with E-state index in [9.17, 15) is 4.79 Å². The van der Waals surface area contributed by atoms with E-state index in [1.807, 2.05) is 13.0 Å². The van der Waals surface area contributed by atoms with Crippen LogP contribution in [0.3, 0.4) is 0 Å². The van der Waals surface area contributed by atoms with Gasteiger partial charge >= 0.3 is 0 Å². The Morgan fingerprint density at radius 2 is 2.35 bits per heavy atom. The second kappa shape index (κ2) is 4.69. The zero-order chi connectivity index (χ0) is 12.5. The minimum atomic E-state index is -0.0592. The molecular weight excluding hydrogens is 238 g/mol. The van der Waals surface area contributed by atoms with E-state index in [1.54, 1.807) is 11.7 Å². The summed E-state index contributed by atoms with van der Waals surface area (Å²) in [6.07, 6.45) is 3.07. The third-order valence-electron chi connectivity index (χ3n) is 3.39. The lowest BCUT2D eigenvalue weighted by Crippen LogP contribution is -2.32. The molecule has 1 aliphatic rings. The van der Waals surface area contributed by atoms with Crippen molar-refractivity contribution in [2.45, 2.75) is 26.2 Å². The number of alkyl halides is 1. The number of aromatic nitrogens is 2. The van der Waals surface area contributed by atoms with E-state index in [1.165, 1.54) is 0 Å². The van der Waals surface area contributed by atoms with Gasteiger partial charge in [0.15, 0.2) is 0 Å². The summed E-state index contributed by atoms with van der Waals surface area (Å²) in [7, 11) is 1.79. The van der Waals surface area contributed by atoms with Gasteiger partial charge in [-0.2, -0.15) is 5.10 Å². The molecule has 0 unspecified atom stereocenters. The molecular formula is C12H18ClN3O. The van der Waals surface area contributed by atoms with Gasteiger partial charge < -0.3 is 5.32 Å². The molecule has 0 atom stereocenters. The summed E-state index contributed by atoms with van der Waals surface area (Å²) in [5.74, 6) is 0.565. The average molecular weight is 256 g/mol. The van der Waals surface area contributed by atoms with Crippen molar-refractivity contribution in [3.8, 4) is 0 Å². The molecule has 0 radical (unpaired) electrons. The first-order valence-electron chi connectivity index (χ1n) is 5.97. The molecule has 5 heteroatoms. The summed E-state index contributed by atoms with van der Waals surface area (Å²) in [4.78, 5) is 12.0. The normalized spacial score (nSPS) is 16.9. The molecule has 0 bridgehead atoms. The lowest BCUT2D eigenvalue weighted by atomic mass is 10.1. The summed E-state index contributed by atoms with van der Waals surface area (Å²) in [6, 6.07) is 1.84. The SMILES string of the molecule is CCc1cc(C(=O)NCC2(CCl)CC2)n(C)n1. The Kier molecular flexibility index (Phi) is 3.43. The maximum atomic E-state index is 12.0. The number of amides is 1. The molecule has 1 N–H and O–H groups in total. The van der Waals surface area contributed by atoms with E-state index in [-0.39, 0.29) is 11.3 Å². The maximum absolute atomic E-state index is 12.0. The third kappa shape index (κ3) is 2.63. The number of nitrogens with one attached hydrogen (secondary N) is 1. The molecule has 1 aliphatic carbocycles. The predicted molar refractivity (Wildman–Crippen MR) is 67.3 cm³/mol. The Bertz CT molecular complexity index is 423. The van der Waals surface area contributed by atoms with Crippen LogP contribution in [0.4, 0.5) is 0 Å². The zero-order valence-corrected chi connectivity index (χ0v) is 11.0. The highest BCUT2D eigenvalue weighted by Gasteiger charge is 2.41. The van der Waals surface area contributed by atoms with Gasteiger partial charge in [0, 0.05) is 24.9 Å². The van der Waals surface area contributed by atoms with Gasteiger partial charge in [-0.05, 0) is 25.3 Å². The van der Waals surface area contributed by atoms with Crippen LogP contribution in [-0.2, 0) is 13.5 Å². The van der Waals surface area contributed by atoms with Crippen LogP contribution in [-0.4, -0.2) is 28.1 Å². The molecule has 1 aromatic heterocycles. The van der Waals surface area contributed by atoms with E-state index < -0.39 is 0 Å². The number of halogens is 1. The molecule has 1 saturated carbocycles. The van der Waals surface area contributed by atoms with Crippen molar-refractivity contribution < 1.29 is 4.79 Å². The summed E-state index contributed by atoms with van der Waals surface area (Å²) in [5, 5.41) is 7.21. The van der Waals surface area contributed by atoms with Crippen molar-refractivity contribution >= 4 is 17.5 Å². The molecule has 0 saturated heterocycles. The second-order valence-corrected chi connectivity index (χ2v) is 5.08. The minimum Gasteiger partial charge on any atom is -0.350 e. The third-order valence-corrected chi connectivity index (χ3v) is 3.96. The number of nitrogens with zero attached hydrogens (tertiary/aromatic N) is 2. The van der Waals surface area contributed by atoms with E-state index >= 15 is 0 Å². The van der Waals surface area contributed by atoms with Crippen molar-refractivity contribution in [2.75, 3.05) is 12.4 Å². The highest BCUT2D eigenvalue weighted by atomic mass is 35.5. The summed E-state index contributed by atoms with van der Waals surface area (Å²) < 4.78 is 1.63. The van der Waals surface area contributed by atoms with Crippen molar-refractivity contribution in [1.82, 2.24) is 15.1 Å². The molecule has 4 nitrogen and oxygen atoms in total. The monoisotopic (exact) mass is 255 g/mol. The Morgan fingerprint density at radius 3 is 2.82 bits per heavy atom. The molecule has 1 fully saturated rings. The quantitative estimate of drug-likeness (QED) is 0.815. The first kappa shape index (κ1) is 12.4. The van der Waals surface area contributed by atoms with Crippen molar-refractivity contribution in [1.29, 1.82) is 0 Å². The molecule has 94 valence electrons. The Balaban J connectivity index is 1.97. The van der Waals surface area contributed by atoms with E-state index in [2.05, 4.69) is 10.4 Å². The van der Waals surface area contributed by atoms with Crippen LogP contribution in [0.1, 0.15) is 35.9 Å². The first-order valence-corrected chi connectivity index (χ1v) is 6.51. The van der Waals surface area contributed by atoms with Gasteiger partial charge in [0.25, 0.3) is 5.91 Å². The fourth-order valence-electron chi connectivity index (χ4n) is 1.80. The maximum Gasteiger partial charge on any atom is 0.269 e. The predicted octanol–water partition coefficient (Wildman–Crippen LogP) is 1.73. The Labute approximate surface area is 106 Å². The van der Waals surface area contributed by atoms with Gasteiger partial charge in [0.1, 0.15) is 5.69 Å². The van der Waals surface area contributed by atoms with Gasteiger partial charge in [-0.15, -0.1) is 11.6 Å². The van der Waals surface area contributed by atoms with Crippen LogP contribution in [0.5, 0.6) is 0 Å². The number of rotatable bonds is 5. The summed E-state index contributed by atoms with van der Waals surface area (Å²) in [5.41, 5.74) is 1.71. The van der Waals surface area contributed by atoms with E-state index in [4.69, 9.17) is 11.6 Å². The molecule has 1 amide bonds. The highest BCUT2D eigenvalue weighted by molar-refractivity contribution is 6.18. The molecule has 0 aliphatic heterocycles.